The minimum Gasteiger partial charge on any atom is -0.390 e. The van der Waals surface area contributed by atoms with E-state index in [0.717, 1.165) is 0 Å². The Morgan fingerprint density at radius 1 is 1.70 bits per heavy atom. The van der Waals surface area contributed by atoms with Gasteiger partial charge >= 0.3 is 0 Å². The standard InChI is InChI=1S/C8H15O2/c1-4-6-8(10,5-2)7(3)9/h4,6-7,9-10H,1,5H2,2-3H3/b6-4+. The van der Waals surface area contributed by atoms with Crippen LogP contribution < -0.4 is 0 Å². The van der Waals surface area contributed by atoms with Gasteiger partial charge < -0.3 is 10.2 Å². The summed E-state index contributed by atoms with van der Waals surface area (Å²) in [6.07, 6.45) is 2.76. The van der Waals surface area contributed by atoms with Crippen LogP contribution in [0.4, 0.5) is 0 Å². The molecule has 0 aliphatic heterocycles. The summed E-state index contributed by atoms with van der Waals surface area (Å²) in [7, 11) is 0. The minimum absolute atomic E-state index is 0.497. The third-order valence-corrected chi connectivity index (χ3v) is 1.70. The van der Waals surface area contributed by atoms with E-state index in [-0.39, 0.29) is 0 Å². The van der Waals surface area contributed by atoms with Gasteiger partial charge in [0, 0.05) is 0 Å². The molecule has 59 valence electrons. The monoisotopic (exact) mass is 143 g/mol. The molecule has 0 heterocycles. The van der Waals surface area contributed by atoms with Crippen molar-refractivity contribution in [2.24, 2.45) is 0 Å². The molecule has 0 bridgehead atoms. The molecule has 0 amide bonds. The van der Waals surface area contributed by atoms with Crippen LogP contribution in [0.25, 0.3) is 0 Å². The zero-order chi connectivity index (χ0) is 8.20. The topological polar surface area (TPSA) is 40.5 Å². The largest absolute Gasteiger partial charge is 0.390 e. The number of rotatable bonds is 3. The SMILES string of the molecule is [CH2]/C=C/C(O)(CC)C(C)O. The van der Waals surface area contributed by atoms with E-state index in [1.165, 1.54) is 12.2 Å². The zero-order valence-corrected chi connectivity index (χ0v) is 6.54. The molecule has 0 aromatic carbocycles. The lowest BCUT2D eigenvalue weighted by atomic mass is 9.94. The third-order valence-electron chi connectivity index (χ3n) is 1.70. The van der Waals surface area contributed by atoms with Crippen LogP contribution in [0.3, 0.4) is 0 Å². The van der Waals surface area contributed by atoms with Crippen molar-refractivity contribution in [1.29, 1.82) is 0 Å². The molecule has 0 saturated carbocycles. The van der Waals surface area contributed by atoms with Crippen LogP contribution >= 0.6 is 0 Å². The maximum Gasteiger partial charge on any atom is 0.108 e. The van der Waals surface area contributed by atoms with Crippen LogP contribution in [0.5, 0.6) is 0 Å². The van der Waals surface area contributed by atoms with E-state index in [4.69, 9.17) is 5.11 Å². The summed E-state index contributed by atoms with van der Waals surface area (Å²) in [4.78, 5) is 0. The minimum atomic E-state index is -1.10. The van der Waals surface area contributed by atoms with Crippen molar-refractivity contribution in [3.05, 3.63) is 19.1 Å². The summed E-state index contributed by atoms with van der Waals surface area (Å²) < 4.78 is 0. The second kappa shape index (κ2) is 3.74. The first kappa shape index (κ1) is 9.66. The lowest BCUT2D eigenvalue weighted by Gasteiger charge is -2.25. The highest BCUT2D eigenvalue weighted by atomic mass is 16.3. The van der Waals surface area contributed by atoms with Crippen molar-refractivity contribution >= 4 is 0 Å². The molecule has 10 heavy (non-hydrogen) atoms. The first-order chi connectivity index (χ1) is 4.56. The van der Waals surface area contributed by atoms with Crippen LogP contribution in [-0.4, -0.2) is 21.9 Å². The van der Waals surface area contributed by atoms with Gasteiger partial charge in [0.1, 0.15) is 5.60 Å². The molecule has 1 radical (unpaired) electrons. The number of aliphatic hydroxyl groups excluding tert-OH is 1. The van der Waals surface area contributed by atoms with E-state index in [2.05, 4.69) is 6.92 Å². The molecule has 0 fully saturated rings. The summed E-state index contributed by atoms with van der Waals surface area (Å²) in [6.45, 7) is 6.82. The van der Waals surface area contributed by atoms with Crippen molar-refractivity contribution in [3.8, 4) is 0 Å². The van der Waals surface area contributed by atoms with Crippen molar-refractivity contribution < 1.29 is 10.2 Å². The molecule has 2 N–H and O–H groups in total. The van der Waals surface area contributed by atoms with E-state index in [1.54, 1.807) is 6.92 Å². The summed E-state index contributed by atoms with van der Waals surface area (Å²) >= 11 is 0. The van der Waals surface area contributed by atoms with Gasteiger partial charge in [-0.2, -0.15) is 0 Å². The lowest BCUT2D eigenvalue weighted by molar-refractivity contribution is -0.0314. The normalized spacial score (nSPS) is 20.9. The van der Waals surface area contributed by atoms with Crippen molar-refractivity contribution in [2.75, 3.05) is 0 Å². The van der Waals surface area contributed by atoms with Gasteiger partial charge in [-0.25, -0.2) is 0 Å². The molecule has 0 rings (SSSR count). The molecular formula is C8H15O2. The highest BCUT2D eigenvalue weighted by molar-refractivity contribution is 5.04. The second-order valence-electron chi connectivity index (χ2n) is 2.42. The molecule has 2 unspecified atom stereocenters. The molecule has 0 aliphatic rings. The molecule has 0 aliphatic carbocycles. The molecule has 2 nitrogen and oxygen atoms in total. The van der Waals surface area contributed by atoms with Crippen molar-refractivity contribution in [3.63, 3.8) is 0 Å². The molecule has 2 atom stereocenters. The molecular weight excluding hydrogens is 128 g/mol. The Morgan fingerprint density at radius 2 is 2.20 bits per heavy atom. The highest BCUT2D eigenvalue weighted by Crippen LogP contribution is 2.16. The Balaban J connectivity index is 4.22. The lowest BCUT2D eigenvalue weighted by Crippen LogP contribution is -2.37. The second-order valence-corrected chi connectivity index (χ2v) is 2.42. The van der Waals surface area contributed by atoms with E-state index in [1.807, 2.05) is 6.92 Å². The maximum atomic E-state index is 9.52. The quantitative estimate of drug-likeness (QED) is 0.616. The number of allylic oxidation sites excluding steroid dienone is 1. The van der Waals surface area contributed by atoms with E-state index in [9.17, 15) is 5.11 Å². The van der Waals surface area contributed by atoms with Crippen molar-refractivity contribution in [2.45, 2.75) is 32.0 Å². The summed E-state index contributed by atoms with van der Waals surface area (Å²) in [5, 5.41) is 18.6. The van der Waals surface area contributed by atoms with Crippen molar-refractivity contribution in [1.82, 2.24) is 0 Å². The Hall–Kier alpha value is -0.340. The van der Waals surface area contributed by atoms with E-state index < -0.39 is 11.7 Å². The molecule has 0 spiro atoms. The summed E-state index contributed by atoms with van der Waals surface area (Å²) in [6, 6.07) is 0. The van der Waals surface area contributed by atoms with Crippen LogP contribution in [0.2, 0.25) is 0 Å². The zero-order valence-electron chi connectivity index (χ0n) is 6.54. The van der Waals surface area contributed by atoms with Gasteiger partial charge in [0.05, 0.1) is 6.10 Å². The average molecular weight is 143 g/mol. The Bertz CT molecular complexity index is 118. The van der Waals surface area contributed by atoms with Gasteiger partial charge in [-0.05, 0) is 20.3 Å². The number of aliphatic hydroxyl groups is 2. The van der Waals surface area contributed by atoms with Crippen LogP contribution in [0, 0.1) is 6.92 Å². The first-order valence-corrected chi connectivity index (χ1v) is 3.44. The fourth-order valence-electron chi connectivity index (χ4n) is 0.757. The van der Waals surface area contributed by atoms with Gasteiger partial charge in [-0.3, -0.25) is 0 Å². The highest BCUT2D eigenvalue weighted by Gasteiger charge is 2.26. The van der Waals surface area contributed by atoms with Crippen LogP contribution in [0.1, 0.15) is 20.3 Å². The number of hydrogen-bond acceptors (Lipinski definition) is 2. The molecule has 0 aromatic heterocycles. The van der Waals surface area contributed by atoms with Crippen LogP contribution in [-0.2, 0) is 0 Å². The van der Waals surface area contributed by atoms with Gasteiger partial charge in [0.15, 0.2) is 0 Å². The number of hydrogen-bond donors (Lipinski definition) is 2. The fourth-order valence-corrected chi connectivity index (χ4v) is 0.757. The van der Waals surface area contributed by atoms with Gasteiger partial charge in [0.25, 0.3) is 0 Å². The Morgan fingerprint density at radius 3 is 2.30 bits per heavy atom. The predicted molar refractivity (Wildman–Crippen MR) is 41.4 cm³/mol. The van der Waals surface area contributed by atoms with Gasteiger partial charge in [-0.1, -0.05) is 19.1 Å². The molecule has 2 heteroatoms. The Labute approximate surface area is 62.2 Å². The van der Waals surface area contributed by atoms with Gasteiger partial charge in [0.2, 0.25) is 0 Å². The molecule has 0 aromatic rings. The third kappa shape index (κ3) is 2.12. The van der Waals surface area contributed by atoms with E-state index >= 15 is 0 Å². The smallest absolute Gasteiger partial charge is 0.108 e. The molecule has 0 saturated heterocycles. The predicted octanol–water partition coefficient (Wildman–Crippen LogP) is 0.899. The Kier molecular flexibility index (Phi) is 3.61. The van der Waals surface area contributed by atoms with Gasteiger partial charge in [-0.15, -0.1) is 0 Å². The summed E-state index contributed by atoms with van der Waals surface area (Å²) in [5.41, 5.74) is -1.10. The fraction of sp³-hybridized carbons (Fsp3) is 0.625. The maximum absolute atomic E-state index is 9.52. The summed E-state index contributed by atoms with van der Waals surface area (Å²) in [5.74, 6) is 0. The first-order valence-electron chi connectivity index (χ1n) is 3.44. The van der Waals surface area contributed by atoms with E-state index in [0.29, 0.717) is 6.42 Å². The average Bonchev–Trinajstić information content (AvgIpc) is 1.88. The van der Waals surface area contributed by atoms with Crippen LogP contribution in [0.15, 0.2) is 12.2 Å².